The number of nitrogens with zero attached hydrogens (tertiary/aromatic N) is 3. The second-order valence-electron chi connectivity index (χ2n) is 4.77. The van der Waals surface area contributed by atoms with E-state index in [4.69, 9.17) is 0 Å². The van der Waals surface area contributed by atoms with Gasteiger partial charge in [0.2, 0.25) is 0 Å². The van der Waals surface area contributed by atoms with Crippen LogP contribution >= 0.6 is 22.7 Å². The second kappa shape index (κ2) is 6.28. The van der Waals surface area contributed by atoms with Crippen LogP contribution in [0.1, 0.15) is 0 Å². The van der Waals surface area contributed by atoms with Gasteiger partial charge in [0, 0.05) is 22.5 Å². The van der Waals surface area contributed by atoms with E-state index in [9.17, 15) is 0 Å². The monoisotopic (exact) mass is 336 g/mol. The Hall–Kier alpha value is -2.57. The lowest BCUT2D eigenvalue weighted by Gasteiger charge is -2.03. The molecule has 0 fully saturated rings. The third-order valence-electron chi connectivity index (χ3n) is 3.21. The normalized spacial score (nSPS) is 10.6. The minimum Gasteiger partial charge on any atom is -0.316 e. The van der Waals surface area contributed by atoms with Gasteiger partial charge < -0.3 is 5.32 Å². The maximum atomic E-state index is 4.62. The Morgan fingerprint density at radius 1 is 0.826 bits per heavy atom. The molecular weight excluding hydrogens is 324 g/mol. The zero-order chi connectivity index (χ0) is 15.5. The Bertz CT molecular complexity index is 901. The summed E-state index contributed by atoms with van der Waals surface area (Å²) in [6.07, 6.45) is 1.79. The SMILES string of the molecule is c1ccc(-c2csc(Nc3cccc(-c4nccs4)n3)n2)cc1. The van der Waals surface area contributed by atoms with E-state index in [0.717, 1.165) is 32.9 Å². The van der Waals surface area contributed by atoms with Crippen LogP contribution in [0.4, 0.5) is 10.9 Å². The van der Waals surface area contributed by atoms with Crippen molar-refractivity contribution < 1.29 is 0 Å². The molecule has 0 aliphatic carbocycles. The summed E-state index contributed by atoms with van der Waals surface area (Å²) < 4.78 is 0. The number of thiazole rings is 2. The fraction of sp³-hybridized carbons (Fsp3) is 0. The first-order chi connectivity index (χ1) is 11.4. The highest BCUT2D eigenvalue weighted by molar-refractivity contribution is 7.14. The minimum absolute atomic E-state index is 0.770. The van der Waals surface area contributed by atoms with Gasteiger partial charge in [0.25, 0.3) is 0 Å². The van der Waals surface area contributed by atoms with Crippen LogP contribution in [-0.4, -0.2) is 15.0 Å². The van der Waals surface area contributed by atoms with Crippen LogP contribution < -0.4 is 5.32 Å². The van der Waals surface area contributed by atoms with Crippen LogP contribution in [0.3, 0.4) is 0 Å². The van der Waals surface area contributed by atoms with Crippen LogP contribution in [-0.2, 0) is 0 Å². The van der Waals surface area contributed by atoms with Gasteiger partial charge in [-0.3, -0.25) is 0 Å². The number of rotatable bonds is 4. The third kappa shape index (κ3) is 3.13. The Balaban J connectivity index is 1.57. The number of benzene rings is 1. The van der Waals surface area contributed by atoms with Crippen LogP contribution in [0.2, 0.25) is 0 Å². The summed E-state index contributed by atoms with van der Waals surface area (Å²) in [4.78, 5) is 13.5. The molecule has 0 unspecified atom stereocenters. The fourth-order valence-electron chi connectivity index (χ4n) is 2.16. The largest absolute Gasteiger partial charge is 0.316 e. The van der Waals surface area contributed by atoms with E-state index in [2.05, 4.69) is 32.4 Å². The van der Waals surface area contributed by atoms with E-state index < -0.39 is 0 Å². The maximum absolute atomic E-state index is 4.62. The van der Waals surface area contributed by atoms with Crippen molar-refractivity contribution in [2.45, 2.75) is 0 Å². The molecule has 23 heavy (non-hydrogen) atoms. The predicted molar refractivity (Wildman–Crippen MR) is 96.2 cm³/mol. The second-order valence-corrected chi connectivity index (χ2v) is 6.53. The first-order valence-corrected chi connectivity index (χ1v) is 8.79. The lowest BCUT2D eigenvalue weighted by atomic mass is 10.2. The lowest BCUT2D eigenvalue weighted by molar-refractivity contribution is 1.27. The van der Waals surface area contributed by atoms with Crippen molar-refractivity contribution in [3.63, 3.8) is 0 Å². The van der Waals surface area contributed by atoms with Crippen molar-refractivity contribution in [1.29, 1.82) is 0 Å². The Morgan fingerprint density at radius 3 is 2.57 bits per heavy atom. The first kappa shape index (κ1) is 14.0. The van der Waals surface area contributed by atoms with Gasteiger partial charge in [-0.2, -0.15) is 0 Å². The van der Waals surface area contributed by atoms with Gasteiger partial charge in [-0.05, 0) is 12.1 Å². The Kier molecular flexibility index (Phi) is 3.83. The van der Waals surface area contributed by atoms with Crippen molar-refractivity contribution in [1.82, 2.24) is 15.0 Å². The van der Waals surface area contributed by atoms with E-state index in [1.807, 2.05) is 47.2 Å². The number of nitrogens with one attached hydrogen (secondary N) is 1. The molecule has 0 atom stereocenters. The molecule has 0 saturated heterocycles. The van der Waals surface area contributed by atoms with E-state index in [1.165, 1.54) is 0 Å². The number of aromatic nitrogens is 3. The number of pyridine rings is 1. The molecule has 0 aliphatic heterocycles. The molecule has 0 amide bonds. The van der Waals surface area contributed by atoms with Gasteiger partial charge in [0.1, 0.15) is 16.5 Å². The predicted octanol–water partition coefficient (Wildman–Crippen LogP) is 5.07. The molecule has 3 heterocycles. The molecule has 0 radical (unpaired) electrons. The average Bonchev–Trinajstić information content (AvgIpc) is 3.28. The van der Waals surface area contributed by atoms with E-state index in [-0.39, 0.29) is 0 Å². The molecule has 3 aromatic heterocycles. The number of anilines is 2. The smallest absolute Gasteiger partial charge is 0.188 e. The van der Waals surface area contributed by atoms with E-state index in [1.54, 1.807) is 28.9 Å². The first-order valence-electron chi connectivity index (χ1n) is 7.03. The highest BCUT2D eigenvalue weighted by Crippen LogP contribution is 2.27. The average molecular weight is 336 g/mol. The van der Waals surface area contributed by atoms with Crippen molar-refractivity contribution in [3.05, 3.63) is 65.5 Å². The molecular formula is C17H12N4S2. The summed E-state index contributed by atoms with van der Waals surface area (Å²) >= 11 is 3.15. The molecule has 4 nitrogen and oxygen atoms in total. The molecule has 0 aliphatic rings. The van der Waals surface area contributed by atoms with Gasteiger partial charge in [0.05, 0.1) is 5.69 Å². The summed E-state index contributed by atoms with van der Waals surface area (Å²) in [5.74, 6) is 0.770. The van der Waals surface area contributed by atoms with E-state index >= 15 is 0 Å². The van der Waals surface area contributed by atoms with Crippen LogP contribution in [0.15, 0.2) is 65.5 Å². The van der Waals surface area contributed by atoms with Crippen LogP contribution in [0.5, 0.6) is 0 Å². The van der Waals surface area contributed by atoms with Crippen LogP contribution in [0, 0.1) is 0 Å². The molecule has 0 saturated carbocycles. The fourth-order valence-corrected chi connectivity index (χ4v) is 3.49. The molecule has 0 spiro atoms. The summed E-state index contributed by atoms with van der Waals surface area (Å²) in [5, 5.41) is 9.00. The van der Waals surface area contributed by atoms with E-state index in [0.29, 0.717) is 0 Å². The van der Waals surface area contributed by atoms with Gasteiger partial charge in [-0.15, -0.1) is 22.7 Å². The summed E-state index contributed by atoms with van der Waals surface area (Å²) in [6, 6.07) is 16.0. The standard InChI is InChI=1S/C17H12N4S2/c1-2-5-12(6-3-1)14-11-23-17(20-14)21-15-8-4-7-13(19-15)16-18-9-10-22-16/h1-11H,(H,19,20,21). The van der Waals surface area contributed by atoms with Gasteiger partial charge >= 0.3 is 0 Å². The quantitative estimate of drug-likeness (QED) is 0.565. The number of hydrogen-bond donors (Lipinski definition) is 1. The lowest BCUT2D eigenvalue weighted by Crippen LogP contribution is -1.94. The Morgan fingerprint density at radius 2 is 1.74 bits per heavy atom. The molecule has 0 bridgehead atoms. The maximum Gasteiger partial charge on any atom is 0.188 e. The highest BCUT2D eigenvalue weighted by Gasteiger charge is 2.07. The van der Waals surface area contributed by atoms with Crippen molar-refractivity contribution in [2.24, 2.45) is 0 Å². The topological polar surface area (TPSA) is 50.7 Å². The van der Waals surface area contributed by atoms with Gasteiger partial charge in [-0.25, -0.2) is 15.0 Å². The van der Waals surface area contributed by atoms with Crippen molar-refractivity contribution in [2.75, 3.05) is 5.32 Å². The molecule has 6 heteroatoms. The molecule has 1 aromatic carbocycles. The summed E-state index contributed by atoms with van der Waals surface area (Å²) in [5.41, 5.74) is 2.94. The minimum atomic E-state index is 0.770. The van der Waals surface area contributed by atoms with Gasteiger partial charge in [-0.1, -0.05) is 36.4 Å². The molecule has 4 rings (SSSR count). The zero-order valence-electron chi connectivity index (χ0n) is 12.0. The summed E-state index contributed by atoms with van der Waals surface area (Å²) in [7, 11) is 0. The van der Waals surface area contributed by atoms with Crippen LogP contribution in [0.25, 0.3) is 22.0 Å². The molecule has 1 N–H and O–H groups in total. The zero-order valence-corrected chi connectivity index (χ0v) is 13.6. The summed E-state index contributed by atoms with van der Waals surface area (Å²) in [6.45, 7) is 0. The van der Waals surface area contributed by atoms with Gasteiger partial charge in [0.15, 0.2) is 5.13 Å². The highest BCUT2D eigenvalue weighted by atomic mass is 32.1. The molecule has 112 valence electrons. The third-order valence-corrected chi connectivity index (χ3v) is 4.76. The number of hydrogen-bond acceptors (Lipinski definition) is 6. The molecule has 4 aromatic rings. The Labute approximate surface area is 141 Å². The van der Waals surface area contributed by atoms with Crippen molar-refractivity contribution >= 4 is 33.6 Å². The van der Waals surface area contributed by atoms with Crippen molar-refractivity contribution in [3.8, 4) is 22.0 Å².